The summed E-state index contributed by atoms with van der Waals surface area (Å²) in [7, 11) is 3.38. The summed E-state index contributed by atoms with van der Waals surface area (Å²) in [5, 5.41) is 3.61. The molecule has 1 N–H and O–H groups in total. The van der Waals surface area contributed by atoms with Gasteiger partial charge < -0.3 is 14.8 Å². The third-order valence-electron chi connectivity index (χ3n) is 3.94. The maximum Gasteiger partial charge on any atom is 0.161 e. The molecule has 3 nitrogen and oxygen atoms in total. The van der Waals surface area contributed by atoms with Crippen LogP contribution in [0.15, 0.2) is 12.1 Å². The molecule has 0 spiro atoms. The zero-order chi connectivity index (χ0) is 15.7. The van der Waals surface area contributed by atoms with Crippen molar-refractivity contribution in [3.63, 3.8) is 0 Å². The van der Waals surface area contributed by atoms with Crippen molar-refractivity contribution in [2.24, 2.45) is 0 Å². The maximum atomic E-state index is 5.45. The number of hydrogen-bond donors (Lipinski definition) is 1. The summed E-state index contributed by atoms with van der Waals surface area (Å²) in [6, 6.07) is 4.60. The average Bonchev–Trinajstić information content (AvgIpc) is 2.50. The molecule has 0 heterocycles. The van der Waals surface area contributed by atoms with Crippen LogP contribution in [0.2, 0.25) is 0 Å². The van der Waals surface area contributed by atoms with Crippen LogP contribution < -0.4 is 14.8 Å². The highest BCUT2D eigenvalue weighted by Crippen LogP contribution is 2.34. The summed E-state index contributed by atoms with van der Waals surface area (Å²) < 4.78 is 10.8. The molecule has 1 aromatic rings. The topological polar surface area (TPSA) is 30.5 Å². The van der Waals surface area contributed by atoms with Gasteiger partial charge in [-0.15, -0.1) is 0 Å². The molecule has 1 atom stereocenters. The quantitative estimate of drug-likeness (QED) is 0.638. The standard InChI is InChI=1S/C18H31NO2/c1-6-8-9-10-11-16(19-7-2)15-13-18(21-5)17(20-4)12-14(15)3/h12-13,16,19H,6-11H2,1-5H3. The molecule has 0 aliphatic carbocycles. The van der Waals surface area contributed by atoms with Crippen molar-refractivity contribution in [3.8, 4) is 11.5 Å². The average molecular weight is 293 g/mol. The fourth-order valence-corrected chi connectivity index (χ4v) is 2.76. The summed E-state index contributed by atoms with van der Waals surface area (Å²) >= 11 is 0. The lowest BCUT2D eigenvalue weighted by molar-refractivity contribution is 0.353. The Kier molecular flexibility index (Phi) is 8.21. The van der Waals surface area contributed by atoms with Crippen molar-refractivity contribution >= 4 is 0 Å². The Hall–Kier alpha value is -1.22. The molecule has 0 aliphatic heterocycles. The first-order valence-corrected chi connectivity index (χ1v) is 8.13. The van der Waals surface area contributed by atoms with Crippen LogP contribution >= 0.6 is 0 Å². The van der Waals surface area contributed by atoms with E-state index in [4.69, 9.17) is 9.47 Å². The van der Waals surface area contributed by atoms with E-state index < -0.39 is 0 Å². The van der Waals surface area contributed by atoms with Gasteiger partial charge in [0.25, 0.3) is 0 Å². The van der Waals surface area contributed by atoms with E-state index in [-0.39, 0.29) is 0 Å². The Morgan fingerprint density at radius 3 is 2.24 bits per heavy atom. The van der Waals surface area contributed by atoms with E-state index in [9.17, 15) is 0 Å². The zero-order valence-electron chi connectivity index (χ0n) is 14.3. The minimum absolute atomic E-state index is 0.395. The van der Waals surface area contributed by atoms with Crippen LogP contribution in [0.1, 0.15) is 63.1 Å². The Bertz CT molecular complexity index is 418. The normalized spacial score (nSPS) is 12.2. The molecule has 0 saturated carbocycles. The van der Waals surface area contributed by atoms with Gasteiger partial charge in [-0.3, -0.25) is 0 Å². The van der Waals surface area contributed by atoms with Gasteiger partial charge in [0, 0.05) is 6.04 Å². The van der Waals surface area contributed by atoms with E-state index in [0.717, 1.165) is 18.0 Å². The van der Waals surface area contributed by atoms with Gasteiger partial charge in [-0.05, 0) is 43.1 Å². The van der Waals surface area contributed by atoms with Gasteiger partial charge in [0.2, 0.25) is 0 Å². The molecule has 1 rings (SSSR count). The molecule has 3 heteroatoms. The Morgan fingerprint density at radius 2 is 1.67 bits per heavy atom. The molecule has 21 heavy (non-hydrogen) atoms. The highest BCUT2D eigenvalue weighted by atomic mass is 16.5. The Morgan fingerprint density at radius 1 is 1.00 bits per heavy atom. The number of aryl methyl sites for hydroxylation is 1. The van der Waals surface area contributed by atoms with Crippen LogP contribution in [0, 0.1) is 6.92 Å². The van der Waals surface area contributed by atoms with Crippen molar-refractivity contribution in [2.75, 3.05) is 20.8 Å². The molecule has 0 saturated heterocycles. The fourth-order valence-electron chi connectivity index (χ4n) is 2.76. The third-order valence-corrected chi connectivity index (χ3v) is 3.94. The predicted molar refractivity (Wildman–Crippen MR) is 89.5 cm³/mol. The van der Waals surface area contributed by atoms with Crippen molar-refractivity contribution < 1.29 is 9.47 Å². The van der Waals surface area contributed by atoms with Crippen LogP contribution in [0.5, 0.6) is 11.5 Å². The van der Waals surface area contributed by atoms with Gasteiger partial charge in [0.15, 0.2) is 11.5 Å². The molecule has 0 aliphatic rings. The molecular weight excluding hydrogens is 262 g/mol. The van der Waals surface area contributed by atoms with Crippen LogP contribution in [-0.2, 0) is 0 Å². The Labute approximate surface area is 130 Å². The molecule has 1 unspecified atom stereocenters. The minimum Gasteiger partial charge on any atom is -0.493 e. The molecule has 120 valence electrons. The van der Waals surface area contributed by atoms with Gasteiger partial charge >= 0.3 is 0 Å². The van der Waals surface area contributed by atoms with Crippen molar-refractivity contribution in [1.82, 2.24) is 5.32 Å². The highest BCUT2D eigenvalue weighted by molar-refractivity contribution is 5.48. The van der Waals surface area contributed by atoms with Gasteiger partial charge in [-0.25, -0.2) is 0 Å². The molecule has 0 bridgehead atoms. The number of benzene rings is 1. The van der Waals surface area contributed by atoms with Crippen LogP contribution in [0.25, 0.3) is 0 Å². The fraction of sp³-hybridized carbons (Fsp3) is 0.667. The second-order valence-electron chi connectivity index (χ2n) is 5.52. The molecule has 0 aromatic heterocycles. The largest absolute Gasteiger partial charge is 0.493 e. The van der Waals surface area contributed by atoms with E-state index in [1.165, 1.54) is 43.2 Å². The summed E-state index contributed by atoms with van der Waals surface area (Å²) in [5.41, 5.74) is 2.58. The molecule has 1 aromatic carbocycles. The number of hydrogen-bond acceptors (Lipinski definition) is 3. The molecule has 0 amide bonds. The first kappa shape index (κ1) is 17.8. The van der Waals surface area contributed by atoms with Gasteiger partial charge in [-0.2, -0.15) is 0 Å². The summed E-state index contributed by atoms with van der Waals surface area (Å²) in [6.45, 7) is 7.54. The second-order valence-corrected chi connectivity index (χ2v) is 5.52. The van der Waals surface area contributed by atoms with E-state index in [0.29, 0.717) is 6.04 Å². The number of ether oxygens (including phenoxy) is 2. The predicted octanol–water partition coefficient (Wildman–Crippen LogP) is 4.63. The number of methoxy groups -OCH3 is 2. The van der Waals surface area contributed by atoms with Crippen LogP contribution in [-0.4, -0.2) is 20.8 Å². The number of nitrogens with one attached hydrogen (secondary N) is 1. The van der Waals surface area contributed by atoms with Gasteiger partial charge in [0.05, 0.1) is 14.2 Å². The smallest absolute Gasteiger partial charge is 0.161 e. The lowest BCUT2D eigenvalue weighted by Crippen LogP contribution is -2.21. The zero-order valence-corrected chi connectivity index (χ0v) is 14.3. The SMILES string of the molecule is CCCCCCC(NCC)c1cc(OC)c(OC)cc1C. The van der Waals surface area contributed by atoms with Gasteiger partial charge in [-0.1, -0.05) is 39.5 Å². The lowest BCUT2D eigenvalue weighted by atomic mass is 9.95. The molecular formula is C18H31NO2. The van der Waals surface area contributed by atoms with E-state index >= 15 is 0 Å². The second kappa shape index (κ2) is 9.67. The lowest BCUT2D eigenvalue weighted by Gasteiger charge is -2.22. The van der Waals surface area contributed by atoms with Crippen molar-refractivity contribution in [1.29, 1.82) is 0 Å². The first-order chi connectivity index (χ1) is 10.2. The number of unbranched alkanes of at least 4 members (excludes halogenated alkanes) is 3. The third kappa shape index (κ3) is 5.24. The Balaban J connectivity index is 2.90. The highest BCUT2D eigenvalue weighted by Gasteiger charge is 2.16. The van der Waals surface area contributed by atoms with E-state index in [1.807, 2.05) is 0 Å². The van der Waals surface area contributed by atoms with Crippen LogP contribution in [0.3, 0.4) is 0 Å². The summed E-state index contributed by atoms with van der Waals surface area (Å²) in [6.07, 6.45) is 6.35. The first-order valence-electron chi connectivity index (χ1n) is 8.13. The number of rotatable bonds is 10. The van der Waals surface area contributed by atoms with E-state index in [1.54, 1.807) is 14.2 Å². The summed E-state index contributed by atoms with van der Waals surface area (Å²) in [5.74, 6) is 1.62. The van der Waals surface area contributed by atoms with E-state index in [2.05, 4.69) is 38.2 Å². The monoisotopic (exact) mass is 293 g/mol. The molecule has 0 radical (unpaired) electrons. The molecule has 0 fully saturated rings. The van der Waals surface area contributed by atoms with Gasteiger partial charge in [0.1, 0.15) is 0 Å². The summed E-state index contributed by atoms with van der Waals surface area (Å²) in [4.78, 5) is 0. The minimum atomic E-state index is 0.395. The van der Waals surface area contributed by atoms with Crippen molar-refractivity contribution in [2.45, 2.75) is 58.9 Å². The maximum absolute atomic E-state index is 5.45. The van der Waals surface area contributed by atoms with Crippen molar-refractivity contribution in [3.05, 3.63) is 23.3 Å². The van der Waals surface area contributed by atoms with Crippen LogP contribution in [0.4, 0.5) is 0 Å².